The monoisotopic (exact) mass is 330 g/mol. The van der Waals surface area contributed by atoms with E-state index in [0.717, 1.165) is 28.9 Å². The highest BCUT2D eigenvalue weighted by Crippen LogP contribution is 2.29. The molecule has 23 heavy (non-hydrogen) atoms. The molecule has 0 aromatic carbocycles. The maximum atomic E-state index is 4.75. The Kier molecular flexibility index (Phi) is 4.49. The van der Waals surface area contributed by atoms with Crippen molar-refractivity contribution in [2.45, 2.75) is 64.0 Å². The van der Waals surface area contributed by atoms with Gasteiger partial charge in [-0.15, -0.1) is 11.3 Å². The smallest absolute Gasteiger partial charge is 0.138 e. The molecular formula is C18H26N4S. The third-order valence-corrected chi connectivity index (χ3v) is 6.21. The van der Waals surface area contributed by atoms with Gasteiger partial charge in [-0.3, -0.25) is 0 Å². The lowest BCUT2D eigenvalue weighted by Crippen LogP contribution is -2.43. The summed E-state index contributed by atoms with van der Waals surface area (Å²) in [6.45, 7) is 4.60. The number of nitrogens with one attached hydrogen (secondary N) is 1. The van der Waals surface area contributed by atoms with E-state index in [1.165, 1.54) is 57.0 Å². The van der Waals surface area contributed by atoms with Crippen LogP contribution in [0.3, 0.4) is 0 Å². The number of likely N-dealkylation sites (tertiary alicyclic amines) is 1. The van der Waals surface area contributed by atoms with E-state index in [-0.39, 0.29) is 0 Å². The zero-order chi connectivity index (χ0) is 15.6. The molecule has 2 aliphatic rings. The van der Waals surface area contributed by atoms with Gasteiger partial charge < -0.3 is 10.2 Å². The molecule has 0 atom stereocenters. The minimum atomic E-state index is 0.551. The Labute approximate surface area is 142 Å². The number of aromatic nitrogens is 2. The van der Waals surface area contributed by atoms with E-state index in [9.17, 15) is 0 Å². The minimum absolute atomic E-state index is 0.551. The molecule has 1 saturated carbocycles. The number of hydrogen-bond acceptors (Lipinski definition) is 5. The first-order valence-electron chi connectivity index (χ1n) is 9.08. The normalized spacial score (nSPS) is 21.3. The molecule has 1 aliphatic heterocycles. The molecule has 3 heterocycles. The zero-order valence-corrected chi connectivity index (χ0v) is 14.7. The average Bonchev–Trinajstić information content (AvgIpc) is 3.27. The molecule has 0 spiro atoms. The first-order valence-corrected chi connectivity index (χ1v) is 9.96. The second kappa shape index (κ2) is 6.73. The molecule has 2 aromatic rings. The van der Waals surface area contributed by atoms with Gasteiger partial charge in [-0.1, -0.05) is 19.8 Å². The van der Waals surface area contributed by atoms with Crippen LogP contribution in [0.1, 0.15) is 51.3 Å². The van der Waals surface area contributed by atoms with E-state index in [2.05, 4.69) is 33.6 Å². The third-order valence-electron chi connectivity index (χ3n) is 5.40. The summed E-state index contributed by atoms with van der Waals surface area (Å²) < 4.78 is 0. The van der Waals surface area contributed by atoms with Crippen LogP contribution in [0.4, 0.5) is 5.82 Å². The molecule has 2 aromatic heterocycles. The summed E-state index contributed by atoms with van der Waals surface area (Å²) in [7, 11) is 0. The lowest BCUT2D eigenvalue weighted by molar-refractivity contribution is 0.159. The van der Waals surface area contributed by atoms with Crippen molar-refractivity contribution in [1.29, 1.82) is 0 Å². The zero-order valence-electron chi connectivity index (χ0n) is 13.9. The SMILES string of the molecule is CCc1nc(NC2CCN(C3CCCC3)CC2)c2ccsc2n1. The van der Waals surface area contributed by atoms with Gasteiger partial charge in [0.1, 0.15) is 16.5 Å². The van der Waals surface area contributed by atoms with Crippen LogP contribution >= 0.6 is 11.3 Å². The van der Waals surface area contributed by atoms with Crippen molar-refractivity contribution in [3.63, 3.8) is 0 Å². The Balaban J connectivity index is 1.43. The summed E-state index contributed by atoms with van der Waals surface area (Å²) in [6, 6.07) is 3.57. The van der Waals surface area contributed by atoms with Crippen molar-refractivity contribution in [1.82, 2.24) is 14.9 Å². The van der Waals surface area contributed by atoms with E-state index in [0.29, 0.717) is 6.04 Å². The van der Waals surface area contributed by atoms with E-state index in [1.807, 2.05) is 0 Å². The van der Waals surface area contributed by atoms with Gasteiger partial charge in [0.05, 0.1) is 5.39 Å². The van der Waals surface area contributed by atoms with Gasteiger partial charge in [-0.2, -0.15) is 0 Å². The molecule has 0 unspecified atom stereocenters. The van der Waals surface area contributed by atoms with Crippen molar-refractivity contribution < 1.29 is 0 Å². The molecule has 4 nitrogen and oxygen atoms in total. The number of nitrogens with zero attached hydrogens (tertiary/aromatic N) is 3. The molecule has 1 saturated heterocycles. The number of rotatable bonds is 4. The summed E-state index contributed by atoms with van der Waals surface area (Å²) in [4.78, 5) is 13.2. The number of aryl methyl sites for hydroxylation is 1. The number of piperidine rings is 1. The van der Waals surface area contributed by atoms with Gasteiger partial charge >= 0.3 is 0 Å². The first kappa shape index (κ1) is 15.3. The van der Waals surface area contributed by atoms with E-state index in [4.69, 9.17) is 4.98 Å². The highest BCUT2D eigenvalue weighted by molar-refractivity contribution is 7.16. The van der Waals surface area contributed by atoms with E-state index >= 15 is 0 Å². The van der Waals surface area contributed by atoms with Crippen molar-refractivity contribution in [2.24, 2.45) is 0 Å². The summed E-state index contributed by atoms with van der Waals surface area (Å²) >= 11 is 1.71. The number of hydrogen-bond donors (Lipinski definition) is 1. The predicted molar refractivity (Wildman–Crippen MR) is 97.3 cm³/mol. The highest BCUT2D eigenvalue weighted by Gasteiger charge is 2.27. The van der Waals surface area contributed by atoms with E-state index < -0.39 is 0 Å². The highest BCUT2D eigenvalue weighted by atomic mass is 32.1. The molecule has 1 aliphatic carbocycles. The Morgan fingerprint density at radius 3 is 2.70 bits per heavy atom. The second-order valence-electron chi connectivity index (χ2n) is 6.87. The second-order valence-corrected chi connectivity index (χ2v) is 7.77. The maximum absolute atomic E-state index is 4.75. The molecule has 0 amide bonds. The molecule has 2 fully saturated rings. The topological polar surface area (TPSA) is 41.1 Å². The van der Waals surface area contributed by atoms with Crippen LogP contribution in [0, 0.1) is 0 Å². The number of fused-ring (bicyclic) bond motifs is 1. The van der Waals surface area contributed by atoms with E-state index in [1.54, 1.807) is 11.3 Å². The fraction of sp³-hybridized carbons (Fsp3) is 0.667. The maximum Gasteiger partial charge on any atom is 0.138 e. The Morgan fingerprint density at radius 1 is 1.17 bits per heavy atom. The molecule has 124 valence electrons. The molecule has 4 rings (SSSR count). The quantitative estimate of drug-likeness (QED) is 0.917. The van der Waals surface area contributed by atoms with Crippen molar-refractivity contribution in [3.8, 4) is 0 Å². The van der Waals surface area contributed by atoms with Gasteiger partial charge in [0.2, 0.25) is 0 Å². The van der Waals surface area contributed by atoms with Crippen molar-refractivity contribution in [3.05, 3.63) is 17.3 Å². The Hall–Kier alpha value is -1.20. The fourth-order valence-corrected chi connectivity index (χ4v) is 4.82. The molecule has 5 heteroatoms. The fourth-order valence-electron chi connectivity index (χ4n) is 4.04. The lowest BCUT2D eigenvalue weighted by Gasteiger charge is -2.36. The summed E-state index contributed by atoms with van der Waals surface area (Å²) in [5.41, 5.74) is 0. The summed E-state index contributed by atoms with van der Waals surface area (Å²) in [5, 5.41) is 7.03. The van der Waals surface area contributed by atoms with Crippen LogP contribution in [-0.2, 0) is 6.42 Å². The van der Waals surface area contributed by atoms with Gasteiger partial charge in [-0.05, 0) is 37.1 Å². The van der Waals surface area contributed by atoms with Crippen LogP contribution in [0.2, 0.25) is 0 Å². The van der Waals surface area contributed by atoms with Gasteiger partial charge in [0, 0.05) is 31.6 Å². The van der Waals surface area contributed by atoms with Crippen molar-refractivity contribution >= 4 is 27.4 Å². The van der Waals surface area contributed by atoms with Gasteiger partial charge in [0.15, 0.2) is 0 Å². The largest absolute Gasteiger partial charge is 0.367 e. The predicted octanol–water partition coefficient (Wildman–Crippen LogP) is 4.07. The lowest BCUT2D eigenvalue weighted by atomic mass is 10.0. The van der Waals surface area contributed by atoms with Crippen LogP contribution in [0.15, 0.2) is 11.4 Å². The molecule has 1 N–H and O–H groups in total. The summed E-state index contributed by atoms with van der Waals surface area (Å²) in [5.74, 6) is 2.00. The molecular weight excluding hydrogens is 304 g/mol. The average molecular weight is 331 g/mol. The van der Waals surface area contributed by atoms with Crippen LogP contribution in [-0.4, -0.2) is 40.0 Å². The van der Waals surface area contributed by atoms with Crippen molar-refractivity contribution in [2.75, 3.05) is 18.4 Å². The van der Waals surface area contributed by atoms with Gasteiger partial charge in [0.25, 0.3) is 0 Å². The van der Waals surface area contributed by atoms with Crippen LogP contribution in [0.25, 0.3) is 10.2 Å². The Morgan fingerprint density at radius 2 is 1.96 bits per heavy atom. The standard InChI is InChI=1S/C18H26N4S/c1-2-16-20-17(15-9-12-23-18(15)21-16)19-13-7-10-22(11-8-13)14-5-3-4-6-14/h9,12-14H,2-8,10-11H2,1H3,(H,19,20,21). The van der Waals surface area contributed by atoms with Crippen LogP contribution in [0.5, 0.6) is 0 Å². The minimum Gasteiger partial charge on any atom is -0.367 e. The Bertz CT molecular complexity index is 654. The van der Waals surface area contributed by atoms with Crippen LogP contribution < -0.4 is 5.32 Å². The number of anilines is 1. The first-order chi connectivity index (χ1) is 11.3. The molecule has 0 bridgehead atoms. The van der Waals surface area contributed by atoms with Gasteiger partial charge in [-0.25, -0.2) is 9.97 Å². The molecule has 0 radical (unpaired) electrons. The number of thiophene rings is 1. The summed E-state index contributed by atoms with van der Waals surface area (Å²) in [6.07, 6.45) is 9.04. The third kappa shape index (κ3) is 3.22.